The van der Waals surface area contributed by atoms with Gasteiger partial charge in [-0.15, -0.1) is 0 Å². The van der Waals surface area contributed by atoms with Crippen LogP contribution in [0.4, 0.5) is 0 Å². The van der Waals surface area contributed by atoms with Crippen LogP contribution in [0, 0.1) is 5.41 Å². The molecule has 0 aromatic heterocycles. The summed E-state index contributed by atoms with van der Waals surface area (Å²) in [5.74, 6) is 0. The van der Waals surface area contributed by atoms with E-state index in [2.05, 4.69) is 22.9 Å². The zero-order valence-corrected chi connectivity index (χ0v) is 14.2. The molecule has 0 radical (unpaired) electrons. The standard InChI is InChI=1S/C17H31BrO/c1-2-3-4-5-6-10-13-19-16-14-15(18)17(16)11-8-7-9-12-17/h15-16H,2-14H2,1H3. The molecule has 0 amide bonds. The van der Waals surface area contributed by atoms with Crippen molar-refractivity contribution in [3.05, 3.63) is 0 Å². The van der Waals surface area contributed by atoms with Gasteiger partial charge in [-0.05, 0) is 25.7 Å². The van der Waals surface area contributed by atoms with E-state index in [1.165, 1.54) is 77.0 Å². The van der Waals surface area contributed by atoms with Gasteiger partial charge < -0.3 is 4.74 Å². The fourth-order valence-corrected chi connectivity index (χ4v) is 4.98. The second-order valence-corrected chi connectivity index (χ2v) is 7.73. The van der Waals surface area contributed by atoms with Crippen LogP contribution in [-0.4, -0.2) is 17.5 Å². The summed E-state index contributed by atoms with van der Waals surface area (Å²) in [7, 11) is 0. The molecule has 0 bridgehead atoms. The highest BCUT2D eigenvalue weighted by atomic mass is 79.9. The average Bonchev–Trinajstić information content (AvgIpc) is 2.46. The van der Waals surface area contributed by atoms with Crippen molar-refractivity contribution in [1.82, 2.24) is 0 Å². The van der Waals surface area contributed by atoms with Crippen molar-refractivity contribution in [3.8, 4) is 0 Å². The van der Waals surface area contributed by atoms with Crippen molar-refractivity contribution in [3.63, 3.8) is 0 Å². The molecule has 2 aliphatic rings. The first-order valence-corrected chi connectivity index (χ1v) is 9.47. The van der Waals surface area contributed by atoms with Crippen molar-refractivity contribution >= 4 is 15.9 Å². The van der Waals surface area contributed by atoms with Gasteiger partial charge >= 0.3 is 0 Å². The van der Waals surface area contributed by atoms with E-state index in [1.54, 1.807) is 0 Å². The van der Waals surface area contributed by atoms with E-state index in [4.69, 9.17) is 4.74 Å². The molecule has 2 fully saturated rings. The van der Waals surface area contributed by atoms with E-state index in [1.807, 2.05) is 0 Å². The molecular formula is C17H31BrO. The summed E-state index contributed by atoms with van der Waals surface area (Å²) in [5, 5.41) is 0. The van der Waals surface area contributed by atoms with Crippen LogP contribution in [-0.2, 0) is 4.74 Å². The van der Waals surface area contributed by atoms with Crippen molar-refractivity contribution in [2.75, 3.05) is 6.61 Å². The Labute approximate surface area is 128 Å². The SMILES string of the molecule is CCCCCCCCOC1CC(Br)C12CCCCC2. The fraction of sp³-hybridized carbons (Fsp3) is 1.00. The Morgan fingerprint density at radius 2 is 1.68 bits per heavy atom. The third-order valence-electron chi connectivity index (χ3n) is 5.29. The molecule has 0 saturated heterocycles. The van der Waals surface area contributed by atoms with Crippen molar-refractivity contribution < 1.29 is 4.74 Å². The minimum absolute atomic E-state index is 0.514. The first-order valence-electron chi connectivity index (χ1n) is 8.55. The lowest BCUT2D eigenvalue weighted by Gasteiger charge is -2.55. The Morgan fingerprint density at radius 1 is 1.00 bits per heavy atom. The Morgan fingerprint density at radius 3 is 2.37 bits per heavy atom. The summed E-state index contributed by atoms with van der Waals surface area (Å²) in [4.78, 5) is 0.731. The molecule has 2 unspecified atom stereocenters. The second-order valence-electron chi connectivity index (χ2n) is 6.62. The largest absolute Gasteiger partial charge is 0.378 e. The van der Waals surface area contributed by atoms with Gasteiger partial charge in [-0.25, -0.2) is 0 Å². The minimum atomic E-state index is 0.514. The number of hydrogen-bond acceptors (Lipinski definition) is 1. The normalized spacial score (nSPS) is 29.4. The fourth-order valence-electron chi connectivity index (χ4n) is 3.89. The van der Waals surface area contributed by atoms with Gasteiger partial charge in [0.2, 0.25) is 0 Å². The van der Waals surface area contributed by atoms with Gasteiger partial charge in [0, 0.05) is 16.8 Å². The predicted molar refractivity (Wildman–Crippen MR) is 86.0 cm³/mol. The minimum Gasteiger partial charge on any atom is -0.378 e. The third kappa shape index (κ3) is 3.97. The van der Waals surface area contributed by atoms with E-state index >= 15 is 0 Å². The number of ether oxygens (including phenoxy) is 1. The molecule has 19 heavy (non-hydrogen) atoms. The van der Waals surface area contributed by atoms with Crippen molar-refractivity contribution in [1.29, 1.82) is 0 Å². The van der Waals surface area contributed by atoms with Gasteiger partial charge in [-0.1, -0.05) is 74.2 Å². The van der Waals surface area contributed by atoms with Gasteiger partial charge in [0.05, 0.1) is 6.10 Å². The molecule has 2 aliphatic carbocycles. The van der Waals surface area contributed by atoms with Crippen LogP contribution in [0.3, 0.4) is 0 Å². The average molecular weight is 331 g/mol. The first-order chi connectivity index (χ1) is 9.29. The molecule has 0 aliphatic heterocycles. The van der Waals surface area contributed by atoms with Gasteiger partial charge in [0.25, 0.3) is 0 Å². The summed E-state index contributed by atoms with van der Waals surface area (Å²) in [6.45, 7) is 3.28. The highest BCUT2D eigenvalue weighted by Gasteiger charge is 2.54. The van der Waals surface area contributed by atoms with E-state index in [0.29, 0.717) is 11.5 Å². The summed E-state index contributed by atoms with van der Waals surface area (Å²) in [6.07, 6.45) is 17.0. The molecule has 0 heterocycles. The molecule has 1 nitrogen and oxygen atoms in total. The highest BCUT2D eigenvalue weighted by Crippen LogP contribution is 2.56. The summed E-state index contributed by atoms with van der Waals surface area (Å²) < 4.78 is 6.22. The van der Waals surface area contributed by atoms with E-state index in [-0.39, 0.29) is 0 Å². The van der Waals surface area contributed by atoms with Crippen LogP contribution in [0.25, 0.3) is 0 Å². The number of rotatable bonds is 8. The van der Waals surface area contributed by atoms with Crippen LogP contribution in [0.1, 0.15) is 84.0 Å². The quantitative estimate of drug-likeness (QED) is 0.400. The lowest BCUT2D eigenvalue weighted by Crippen LogP contribution is -2.56. The number of hydrogen-bond donors (Lipinski definition) is 0. The van der Waals surface area contributed by atoms with Crippen LogP contribution < -0.4 is 0 Å². The van der Waals surface area contributed by atoms with Crippen LogP contribution in [0.5, 0.6) is 0 Å². The second kappa shape index (κ2) is 8.02. The third-order valence-corrected chi connectivity index (χ3v) is 6.57. The molecular weight excluding hydrogens is 300 g/mol. The summed E-state index contributed by atoms with van der Waals surface area (Å²) >= 11 is 3.89. The molecule has 2 rings (SSSR count). The topological polar surface area (TPSA) is 9.23 Å². The summed E-state index contributed by atoms with van der Waals surface area (Å²) in [6, 6.07) is 0. The lowest BCUT2D eigenvalue weighted by atomic mass is 9.58. The van der Waals surface area contributed by atoms with Gasteiger partial charge in [0.1, 0.15) is 0 Å². The maximum absolute atomic E-state index is 6.22. The number of alkyl halides is 1. The predicted octanol–water partition coefficient (Wildman–Crippen LogP) is 5.85. The van der Waals surface area contributed by atoms with E-state index in [0.717, 1.165) is 11.4 Å². The van der Waals surface area contributed by atoms with Crippen LogP contribution >= 0.6 is 15.9 Å². The summed E-state index contributed by atoms with van der Waals surface area (Å²) in [5.41, 5.74) is 0.514. The number of halogens is 1. The van der Waals surface area contributed by atoms with E-state index in [9.17, 15) is 0 Å². The molecule has 0 N–H and O–H groups in total. The monoisotopic (exact) mass is 330 g/mol. The zero-order valence-electron chi connectivity index (χ0n) is 12.6. The Hall–Kier alpha value is 0.440. The Bertz CT molecular complexity index is 248. The van der Waals surface area contributed by atoms with Gasteiger partial charge in [-0.3, -0.25) is 0 Å². The molecule has 2 saturated carbocycles. The molecule has 112 valence electrons. The lowest BCUT2D eigenvalue weighted by molar-refractivity contribution is -0.121. The van der Waals surface area contributed by atoms with Gasteiger partial charge in [0.15, 0.2) is 0 Å². The maximum atomic E-state index is 6.22. The Balaban J connectivity index is 1.58. The van der Waals surface area contributed by atoms with Gasteiger partial charge in [-0.2, -0.15) is 0 Å². The number of unbranched alkanes of at least 4 members (excludes halogenated alkanes) is 5. The molecule has 0 aromatic carbocycles. The molecule has 1 spiro atoms. The zero-order chi connectivity index (χ0) is 13.6. The van der Waals surface area contributed by atoms with Crippen LogP contribution in [0.15, 0.2) is 0 Å². The Kier molecular flexibility index (Phi) is 6.68. The van der Waals surface area contributed by atoms with Crippen LogP contribution in [0.2, 0.25) is 0 Å². The maximum Gasteiger partial charge on any atom is 0.0652 e. The van der Waals surface area contributed by atoms with Crippen molar-refractivity contribution in [2.24, 2.45) is 5.41 Å². The molecule has 0 aromatic rings. The smallest absolute Gasteiger partial charge is 0.0652 e. The highest BCUT2D eigenvalue weighted by molar-refractivity contribution is 9.09. The van der Waals surface area contributed by atoms with E-state index < -0.39 is 0 Å². The molecule has 2 heteroatoms. The first kappa shape index (κ1) is 15.8. The van der Waals surface area contributed by atoms with Crippen molar-refractivity contribution in [2.45, 2.75) is 94.9 Å². The molecule has 2 atom stereocenters.